The van der Waals surface area contributed by atoms with Gasteiger partial charge in [0.15, 0.2) is 0 Å². The number of aliphatic hydroxyl groups is 2. The van der Waals surface area contributed by atoms with Crippen LogP contribution in [0.15, 0.2) is 48.6 Å². The highest BCUT2D eigenvalue weighted by Crippen LogP contribution is 2.18. The zero-order valence-electron chi connectivity index (χ0n) is 52.4. The quantitative estimate of drug-likeness (QED) is 0.0320. The van der Waals surface area contributed by atoms with E-state index in [-0.39, 0.29) is 18.5 Å². The summed E-state index contributed by atoms with van der Waals surface area (Å²) >= 11 is 0. The first kappa shape index (κ1) is 75.8. The summed E-state index contributed by atoms with van der Waals surface area (Å²) in [4.78, 5) is 24.6. The molecule has 6 nitrogen and oxygen atoms in total. The number of amides is 1. The zero-order valence-corrected chi connectivity index (χ0v) is 52.4. The van der Waals surface area contributed by atoms with Crippen LogP contribution in [0, 0.1) is 0 Å². The molecule has 458 valence electrons. The summed E-state index contributed by atoms with van der Waals surface area (Å²) in [6.07, 6.45) is 87.7. The Morgan fingerprint density at radius 2 is 0.641 bits per heavy atom. The lowest BCUT2D eigenvalue weighted by Gasteiger charge is -2.20. The third-order valence-electron chi connectivity index (χ3n) is 16.1. The molecule has 0 aliphatic carbocycles. The monoisotopic (exact) mass is 1090 g/mol. The molecule has 2 atom stereocenters. The van der Waals surface area contributed by atoms with Gasteiger partial charge in [-0.1, -0.05) is 332 Å². The fourth-order valence-corrected chi connectivity index (χ4v) is 10.8. The molecule has 0 aromatic carbocycles. The molecule has 3 N–H and O–H groups in total. The Bertz CT molecular complexity index is 1310. The van der Waals surface area contributed by atoms with E-state index in [1.807, 2.05) is 6.08 Å². The second-order valence-electron chi connectivity index (χ2n) is 23.9. The molecule has 1 amide bonds. The number of rotatable bonds is 65. The number of ether oxygens (including phenoxy) is 1. The van der Waals surface area contributed by atoms with Gasteiger partial charge in [0.1, 0.15) is 0 Å². The molecule has 0 rings (SSSR count). The van der Waals surface area contributed by atoms with Gasteiger partial charge in [-0.15, -0.1) is 0 Å². The summed E-state index contributed by atoms with van der Waals surface area (Å²) in [7, 11) is 0. The number of carbonyl (C=O) groups is 2. The molecule has 0 heterocycles. The first-order valence-electron chi connectivity index (χ1n) is 34.9. The zero-order chi connectivity index (χ0) is 56.4. The molecule has 0 saturated carbocycles. The fourth-order valence-electron chi connectivity index (χ4n) is 10.8. The number of esters is 1. The van der Waals surface area contributed by atoms with Crippen LogP contribution in [-0.4, -0.2) is 47.4 Å². The van der Waals surface area contributed by atoms with Gasteiger partial charge in [0, 0.05) is 12.8 Å². The van der Waals surface area contributed by atoms with Crippen molar-refractivity contribution in [1.82, 2.24) is 5.32 Å². The summed E-state index contributed by atoms with van der Waals surface area (Å²) in [6.45, 7) is 4.82. The number of hydrogen-bond donors (Lipinski definition) is 3. The lowest BCUT2D eigenvalue weighted by molar-refractivity contribution is -0.143. The Balaban J connectivity index is 3.48. The molecule has 0 spiro atoms. The lowest BCUT2D eigenvalue weighted by Crippen LogP contribution is -2.45. The van der Waals surface area contributed by atoms with Crippen molar-refractivity contribution in [2.75, 3.05) is 13.2 Å². The molecular formula is C72H135NO5. The molecule has 0 bridgehead atoms. The van der Waals surface area contributed by atoms with Crippen molar-refractivity contribution in [2.24, 2.45) is 0 Å². The van der Waals surface area contributed by atoms with Crippen LogP contribution in [0.25, 0.3) is 0 Å². The van der Waals surface area contributed by atoms with Crippen molar-refractivity contribution in [1.29, 1.82) is 0 Å². The molecule has 0 saturated heterocycles. The second kappa shape index (κ2) is 67.3. The molecular weight excluding hydrogens is 959 g/mol. The maximum absolute atomic E-state index is 12.5. The minimum atomic E-state index is -0.851. The maximum atomic E-state index is 12.5. The average molecular weight is 1090 g/mol. The van der Waals surface area contributed by atoms with Crippen LogP contribution < -0.4 is 5.32 Å². The molecule has 0 aromatic rings. The van der Waals surface area contributed by atoms with E-state index < -0.39 is 12.1 Å². The third kappa shape index (κ3) is 63.0. The summed E-state index contributed by atoms with van der Waals surface area (Å²) < 4.78 is 5.42. The van der Waals surface area contributed by atoms with Gasteiger partial charge in [-0.05, 0) is 77.0 Å². The minimum absolute atomic E-state index is 0.0429. The SMILES string of the molecule is CCCCCCCCC/C=C\CCCCCCCC(=O)OCC/C=C\C/C=C\CCCCCCCCCCCCCCCCC(=O)NC(CO)C(O)/C=C/CCCCCCCCCCCCCCCCCCCCCCCC. The van der Waals surface area contributed by atoms with Crippen molar-refractivity contribution in [3.8, 4) is 0 Å². The molecule has 78 heavy (non-hydrogen) atoms. The van der Waals surface area contributed by atoms with E-state index in [0.29, 0.717) is 19.4 Å². The van der Waals surface area contributed by atoms with Crippen LogP contribution in [0.1, 0.15) is 373 Å². The van der Waals surface area contributed by atoms with Crippen LogP contribution >= 0.6 is 0 Å². The van der Waals surface area contributed by atoms with Crippen molar-refractivity contribution in [3.63, 3.8) is 0 Å². The molecule has 6 heteroatoms. The molecule has 0 aromatic heterocycles. The second-order valence-corrected chi connectivity index (χ2v) is 23.9. The molecule has 0 fully saturated rings. The van der Waals surface area contributed by atoms with Crippen LogP contribution in [-0.2, 0) is 14.3 Å². The number of nitrogens with one attached hydrogen (secondary N) is 1. The summed E-state index contributed by atoms with van der Waals surface area (Å²) in [5, 5.41) is 23.3. The smallest absolute Gasteiger partial charge is 0.305 e. The van der Waals surface area contributed by atoms with E-state index >= 15 is 0 Å². The highest BCUT2D eigenvalue weighted by Gasteiger charge is 2.18. The van der Waals surface area contributed by atoms with Crippen molar-refractivity contribution in [3.05, 3.63) is 48.6 Å². The maximum Gasteiger partial charge on any atom is 0.305 e. The topological polar surface area (TPSA) is 95.9 Å². The normalized spacial score (nSPS) is 12.8. The van der Waals surface area contributed by atoms with Crippen molar-refractivity contribution in [2.45, 2.75) is 386 Å². The summed E-state index contributed by atoms with van der Waals surface area (Å²) in [5.41, 5.74) is 0. The van der Waals surface area contributed by atoms with Gasteiger partial charge in [0.2, 0.25) is 5.91 Å². The fraction of sp³-hybridized carbons (Fsp3) is 0.861. The van der Waals surface area contributed by atoms with Gasteiger partial charge in [0.05, 0.1) is 25.4 Å². The average Bonchev–Trinajstić information content (AvgIpc) is 3.44. The molecule has 0 radical (unpaired) electrons. The van der Waals surface area contributed by atoms with E-state index in [1.165, 1.54) is 295 Å². The first-order chi connectivity index (χ1) is 38.5. The van der Waals surface area contributed by atoms with Gasteiger partial charge in [0.25, 0.3) is 0 Å². The number of allylic oxidation sites excluding steroid dienone is 6. The Kier molecular flexibility index (Phi) is 65.4. The Labute approximate surface area is 486 Å². The molecule has 0 aliphatic rings. The van der Waals surface area contributed by atoms with E-state index in [4.69, 9.17) is 4.74 Å². The Hall–Kier alpha value is -2.18. The van der Waals surface area contributed by atoms with Crippen LogP contribution in [0.4, 0.5) is 0 Å². The standard InChI is InChI=1S/C72H135NO5/c1-3-5-7-9-11-13-15-17-19-21-22-23-24-25-27-30-33-36-40-44-48-52-56-60-64-70(75)69(68-74)73-71(76)65-61-57-53-49-45-41-37-34-31-28-26-29-32-35-39-43-47-51-55-59-63-67-78-72(77)66-62-58-54-50-46-42-38-20-18-16-14-12-10-8-6-4-2/h20,38,43,47,55,59-60,64,69-70,74-75H,3-19,21-37,39-42,44-46,48-54,56-58,61-63,65-68H2,1-2H3,(H,73,76)/b38-20-,47-43-,59-55-,64-60+. The highest BCUT2D eigenvalue weighted by atomic mass is 16.5. The van der Waals surface area contributed by atoms with E-state index in [9.17, 15) is 19.8 Å². The van der Waals surface area contributed by atoms with Crippen LogP contribution in [0.5, 0.6) is 0 Å². The summed E-state index contributed by atoms with van der Waals surface area (Å²) in [6, 6.07) is -0.634. The first-order valence-corrected chi connectivity index (χ1v) is 34.9. The number of carbonyl (C=O) groups excluding carboxylic acids is 2. The minimum Gasteiger partial charge on any atom is -0.465 e. The van der Waals surface area contributed by atoms with E-state index in [1.54, 1.807) is 6.08 Å². The van der Waals surface area contributed by atoms with Crippen molar-refractivity contribution < 1.29 is 24.5 Å². The lowest BCUT2D eigenvalue weighted by atomic mass is 10.0. The predicted molar refractivity (Wildman–Crippen MR) is 342 cm³/mol. The van der Waals surface area contributed by atoms with Crippen LogP contribution in [0.2, 0.25) is 0 Å². The Morgan fingerprint density at radius 3 is 0.987 bits per heavy atom. The van der Waals surface area contributed by atoms with Gasteiger partial charge in [-0.3, -0.25) is 9.59 Å². The number of aliphatic hydroxyl groups excluding tert-OH is 2. The van der Waals surface area contributed by atoms with Gasteiger partial charge >= 0.3 is 5.97 Å². The largest absolute Gasteiger partial charge is 0.465 e. The van der Waals surface area contributed by atoms with Gasteiger partial charge < -0.3 is 20.3 Å². The van der Waals surface area contributed by atoms with Gasteiger partial charge in [-0.2, -0.15) is 0 Å². The van der Waals surface area contributed by atoms with Gasteiger partial charge in [-0.25, -0.2) is 0 Å². The number of hydrogen-bond acceptors (Lipinski definition) is 5. The van der Waals surface area contributed by atoms with E-state index in [0.717, 1.165) is 51.4 Å². The molecule has 0 aliphatic heterocycles. The van der Waals surface area contributed by atoms with Crippen molar-refractivity contribution >= 4 is 11.9 Å². The Morgan fingerprint density at radius 1 is 0.359 bits per heavy atom. The van der Waals surface area contributed by atoms with E-state index in [2.05, 4.69) is 55.6 Å². The van der Waals surface area contributed by atoms with Crippen LogP contribution in [0.3, 0.4) is 0 Å². The highest BCUT2D eigenvalue weighted by molar-refractivity contribution is 5.76. The summed E-state index contributed by atoms with van der Waals surface area (Å²) in [5.74, 6) is -0.112. The predicted octanol–water partition coefficient (Wildman–Crippen LogP) is 22.5. The molecule has 2 unspecified atom stereocenters. The third-order valence-corrected chi connectivity index (χ3v) is 16.1. The number of unbranched alkanes of at least 4 members (excludes halogenated alkanes) is 48.